The molecule has 1 amide bonds. The Labute approximate surface area is 136 Å². The highest BCUT2D eigenvalue weighted by molar-refractivity contribution is 7.12. The van der Waals surface area contributed by atoms with Crippen LogP contribution in [-0.2, 0) is 11.3 Å². The smallest absolute Gasteiger partial charge is 0.348 e. The van der Waals surface area contributed by atoms with Crippen molar-refractivity contribution in [3.63, 3.8) is 0 Å². The summed E-state index contributed by atoms with van der Waals surface area (Å²) in [6.07, 6.45) is 0.300. The molecule has 0 saturated carbocycles. The van der Waals surface area contributed by atoms with Crippen molar-refractivity contribution in [1.82, 2.24) is 9.88 Å². The number of carboxylic acid groups (broad SMARTS) is 1. The first kappa shape index (κ1) is 16.6. The van der Waals surface area contributed by atoms with Crippen LogP contribution >= 0.6 is 22.7 Å². The van der Waals surface area contributed by atoms with Gasteiger partial charge in [0.05, 0.1) is 16.4 Å². The summed E-state index contributed by atoms with van der Waals surface area (Å²) in [4.78, 5) is 29.4. The molecule has 0 aromatic carbocycles. The number of aryl methyl sites for hydroxylation is 1. The zero-order chi connectivity index (χ0) is 16.1. The van der Waals surface area contributed by atoms with Crippen LogP contribution in [0.4, 0.5) is 5.69 Å². The van der Waals surface area contributed by atoms with Gasteiger partial charge in [-0.05, 0) is 25.4 Å². The minimum atomic E-state index is -1.03. The van der Waals surface area contributed by atoms with Crippen LogP contribution in [0.2, 0.25) is 0 Å². The molecule has 2 N–H and O–H groups in total. The summed E-state index contributed by atoms with van der Waals surface area (Å²) in [5.41, 5.74) is 1.36. The van der Waals surface area contributed by atoms with Crippen molar-refractivity contribution >= 4 is 40.2 Å². The number of rotatable bonds is 7. The standard InChI is InChI=1S/C14H17N3O3S2/c1-9-15-10(8-22-9)7-17(2)5-3-12(18)16-11-4-6-21-13(11)14(19)20/h4,6,8H,3,5,7H2,1-2H3,(H,16,18)(H,19,20). The molecule has 2 heterocycles. The third-order valence-electron chi connectivity index (χ3n) is 2.95. The molecule has 0 aliphatic carbocycles. The monoisotopic (exact) mass is 339 g/mol. The van der Waals surface area contributed by atoms with Gasteiger partial charge in [0, 0.05) is 24.9 Å². The quantitative estimate of drug-likeness (QED) is 0.810. The molecule has 0 bridgehead atoms. The van der Waals surface area contributed by atoms with Gasteiger partial charge in [0.1, 0.15) is 4.88 Å². The number of hydrogen-bond donors (Lipinski definition) is 2. The van der Waals surface area contributed by atoms with Crippen LogP contribution < -0.4 is 5.32 Å². The molecule has 0 saturated heterocycles. The summed E-state index contributed by atoms with van der Waals surface area (Å²) in [5.74, 6) is -1.22. The second kappa shape index (κ2) is 7.48. The average Bonchev–Trinajstić information content (AvgIpc) is 3.06. The van der Waals surface area contributed by atoms with Gasteiger partial charge in [0.15, 0.2) is 0 Å². The fourth-order valence-corrected chi connectivity index (χ4v) is 3.21. The van der Waals surface area contributed by atoms with E-state index >= 15 is 0 Å². The van der Waals surface area contributed by atoms with Crippen molar-refractivity contribution in [2.24, 2.45) is 0 Å². The highest BCUT2D eigenvalue weighted by Crippen LogP contribution is 2.22. The summed E-state index contributed by atoms with van der Waals surface area (Å²) in [6, 6.07) is 1.60. The van der Waals surface area contributed by atoms with Crippen LogP contribution in [0, 0.1) is 6.92 Å². The van der Waals surface area contributed by atoms with Crippen LogP contribution in [0.5, 0.6) is 0 Å². The number of amides is 1. The predicted octanol–water partition coefficient (Wildman–Crippen LogP) is 2.67. The molecule has 2 rings (SSSR count). The van der Waals surface area contributed by atoms with E-state index in [-0.39, 0.29) is 10.8 Å². The van der Waals surface area contributed by atoms with Crippen molar-refractivity contribution in [3.8, 4) is 0 Å². The van der Waals surface area contributed by atoms with Crippen LogP contribution in [0.25, 0.3) is 0 Å². The van der Waals surface area contributed by atoms with Gasteiger partial charge in [-0.25, -0.2) is 9.78 Å². The molecule has 0 radical (unpaired) electrons. The number of aromatic nitrogens is 1. The summed E-state index contributed by atoms with van der Waals surface area (Å²) in [5, 5.41) is 16.3. The molecular formula is C14H17N3O3S2. The fraction of sp³-hybridized carbons (Fsp3) is 0.357. The Morgan fingerprint density at radius 3 is 2.82 bits per heavy atom. The molecule has 0 atom stereocenters. The van der Waals surface area contributed by atoms with E-state index < -0.39 is 5.97 Å². The lowest BCUT2D eigenvalue weighted by Gasteiger charge is -2.14. The number of thiophene rings is 1. The number of nitrogens with one attached hydrogen (secondary N) is 1. The minimum Gasteiger partial charge on any atom is -0.477 e. The maximum atomic E-state index is 11.9. The summed E-state index contributed by atoms with van der Waals surface area (Å²) < 4.78 is 0. The van der Waals surface area contributed by atoms with E-state index in [4.69, 9.17) is 5.11 Å². The van der Waals surface area contributed by atoms with Crippen LogP contribution in [0.1, 0.15) is 26.8 Å². The average molecular weight is 339 g/mol. The summed E-state index contributed by atoms with van der Waals surface area (Å²) in [7, 11) is 1.93. The predicted molar refractivity (Wildman–Crippen MR) is 87.7 cm³/mol. The van der Waals surface area contributed by atoms with Gasteiger partial charge in [-0.1, -0.05) is 0 Å². The Balaban J connectivity index is 1.80. The third kappa shape index (κ3) is 4.62. The lowest BCUT2D eigenvalue weighted by atomic mass is 10.3. The number of carboxylic acids is 1. The Kier molecular flexibility index (Phi) is 5.64. The summed E-state index contributed by atoms with van der Waals surface area (Å²) in [6.45, 7) is 3.23. The van der Waals surface area contributed by atoms with Gasteiger partial charge >= 0.3 is 5.97 Å². The van der Waals surface area contributed by atoms with Gasteiger partial charge in [-0.2, -0.15) is 0 Å². The number of carbonyl (C=O) groups excluding carboxylic acids is 1. The normalized spacial score (nSPS) is 10.9. The molecule has 0 aliphatic rings. The molecule has 0 unspecified atom stereocenters. The first-order chi connectivity index (χ1) is 10.5. The Bertz CT molecular complexity index is 666. The van der Waals surface area contributed by atoms with E-state index in [1.807, 2.05) is 24.3 Å². The minimum absolute atomic E-state index is 0.152. The Hall–Kier alpha value is -1.77. The van der Waals surface area contributed by atoms with Gasteiger partial charge < -0.3 is 15.3 Å². The first-order valence-corrected chi connectivity index (χ1v) is 8.42. The number of anilines is 1. The zero-order valence-electron chi connectivity index (χ0n) is 12.3. The van der Waals surface area contributed by atoms with Crippen molar-refractivity contribution in [2.45, 2.75) is 19.9 Å². The Morgan fingerprint density at radius 1 is 1.41 bits per heavy atom. The van der Waals surface area contributed by atoms with E-state index in [2.05, 4.69) is 10.3 Å². The van der Waals surface area contributed by atoms with Gasteiger partial charge in [-0.3, -0.25) is 4.79 Å². The molecule has 0 spiro atoms. The van der Waals surface area contributed by atoms with Crippen LogP contribution in [-0.4, -0.2) is 40.5 Å². The molecule has 6 nitrogen and oxygen atoms in total. The lowest BCUT2D eigenvalue weighted by Crippen LogP contribution is -2.24. The molecule has 22 heavy (non-hydrogen) atoms. The molecule has 8 heteroatoms. The number of carbonyl (C=O) groups is 2. The van der Waals surface area contributed by atoms with Crippen molar-refractivity contribution in [1.29, 1.82) is 0 Å². The fourth-order valence-electron chi connectivity index (χ4n) is 1.91. The van der Waals surface area contributed by atoms with Gasteiger partial charge in [0.2, 0.25) is 5.91 Å². The first-order valence-electron chi connectivity index (χ1n) is 6.66. The second-order valence-corrected chi connectivity index (χ2v) is 6.84. The van der Waals surface area contributed by atoms with Crippen molar-refractivity contribution in [2.75, 3.05) is 18.9 Å². The topological polar surface area (TPSA) is 82.5 Å². The van der Waals surface area contributed by atoms with Crippen molar-refractivity contribution < 1.29 is 14.7 Å². The highest BCUT2D eigenvalue weighted by atomic mass is 32.1. The number of nitrogens with zero attached hydrogens (tertiary/aromatic N) is 2. The van der Waals surface area contributed by atoms with E-state index in [0.29, 0.717) is 25.2 Å². The number of aromatic carboxylic acids is 1. The molecular weight excluding hydrogens is 322 g/mol. The van der Waals surface area contributed by atoms with Gasteiger partial charge in [-0.15, -0.1) is 22.7 Å². The van der Waals surface area contributed by atoms with E-state index in [0.717, 1.165) is 22.0 Å². The largest absolute Gasteiger partial charge is 0.477 e. The maximum absolute atomic E-state index is 11.9. The Morgan fingerprint density at radius 2 is 2.18 bits per heavy atom. The molecule has 0 aliphatic heterocycles. The third-order valence-corrected chi connectivity index (χ3v) is 4.68. The van der Waals surface area contributed by atoms with E-state index in [1.54, 1.807) is 22.8 Å². The molecule has 118 valence electrons. The van der Waals surface area contributed by atoms with Crippen LogP contribution in [0.15, 0.2) is 16.8 Å². The summed E-state index contributed by atoms with van der Waals surface area (Å²) >= 11 is 2.70. The van der Waals surface area contributed by atoms with Crippen molar-refractivity contribution in [3.05, 3.63) is 32.4 Å². The van der Waals surface area contributed by atoms with E-state index in [1.165, 1.54) is 0 Å². The lowest BCUT2D eigenvalue weighted by molar-refractivity contribution is -0.116. The SMILES string of the molecule is Cc1nc(CN(C)CCC(=O)Nc2ccsc2C(=O)O)cs1. The highest BCUT2D eigenvalue weighted by Gasteiger charge is 2.14. The number of thiazole rings is 1. The molecule has 2 aromatic heterocycles. The maximum Gasteiger partial charge on any atom is 0.348 e. The second-order valence-electron chi connectivity index (χ2n) is 4.86. The zero-order valence-corrected chi connectivity index (χ0v) is 14.0. The number of hydrogen-bond acceptors (Lipinski definition) is 6. The van der Waals surface area contributed by atoms with Crippen LogP contribution in [0.3, 0.4) is 0 Å². The van der Waals surface area contributed by atoms with E-state index in [9.17, 15) is 9.59 Å². The molecule has 2 aromatic rings. The molecule has 0 fully saturated rings. The van der Waals surface area contributed by atoms with Gasteiger partial charge in [0.25, 0.3) is 0 Å².